The predicted molar refractivity (Wildman–Crippen MR) is 53.6 cm³/mol. The van der Waals surface area contributed by atoms with Gasteiger partial charge in [0.25, 0.3) is 0 Å². The molecule has 0 saturated carbocycles. The number of carbonyl (C=O) groups is 3. The fraction of sp³-hybridized carbons (Fsp3) is 0.700. The lowest BCUT2D eigenvalue weighted by Gasteiger charge is -2.21. The van der Waals surface area contributed by atoms with E-state index in [2.05, 4.69) is 14.2 Å². The summed E-state index contributed by atoms with van der Waals surface area (Å²) in [6, 6.07) is 0. The molecular formula is C10H14F2O6. The first-order valence-corrected chi connectivity index (χ1v) is 4.89. The van der Waals surface area contributed by atoms with Crippen LogP contribution in [0.5, 0.6) is 0 Å². The normalized spacial score (nSPS) is 12.2. The molecule has 18 heavy (non-hydrogen) atoms. The molecule has 0 aliphatic rings. The number of methoxy groups -OCH3 is 3. The molecule has 0 rings (SSSR count). The predicted octanol–water partition coefficient (Wildman–Crippen LogP) is 0.393. The Morgan fingerprint density at radius 2 is 1.39 bits per heavy atom. The third-order valence-corrected chi connectivity index (χ3v) is 2.29. The van der Waals surface area contributed by atoms with Gasteiger partial charge in [-0.2, -0.15) is 0 Å². The molecule has 0 amide bonds. The Balaban J connectivity index is 5.15. The van der Waals surface area contributed by atoms with Gasteiger partial charge in [-0.1, -0.05) is 0 Å². The van der Waals surface area contributed by atoms with Crippen LogP contribution in [0.25, 0.3) is 0 Å². The SMILES string of the molecule is COC(=O)CC(C(F)F)C(C(=O)OC)C(=O)OC. The molecule has 0 bridgehead atoms. The number of rotatable bonds is 6. The smallest absolute Gasteiger partial charge is 0.320 e. The van der Waals surface area contributed by atoms with Gasteiger partial charge < -0.3 is 14.2 Å². The van der Waals surface area contributed by atoms with Crippen molar-refractivity contribution in [2.45, 2.75) is 12.8 Å². The Morgan fingerprint density at radius 1 is 0.944 bits per heavy atom. The molecule has 0 aromatic rings. The van der Waals surface area contributed by atoms with Crippen molar-refractivity contribution in [1.29, 1.82) is 0 Å². The molecule has 0 aromatic heterocycles. The van der Waals surface area contributed by atoms with Gasteiger partial charge in [-0.3, -0.25) is 14.4 Å². The maximum absolute atomic E-state index is 12.8. The molecule has 6 nitrogen and oxygen atoms in total. The van der Waals surface area contributed by atoms with Gasteiger partial charge in [-0.25, -0.2) is 8.78 Å². The van der Waals surface area contributed by atoms with Crippen LogP contribution in [0.4, 0.5) is 8.78 Å². The van der Waals surface area contributed by atoms with Crippen LogP contribution >= 0.6 is 0 Å². The Kier molecular flexibility index (Phi) is 6.84. The summed E-state index contributed by atoms with van der Waals surface area (Å²) in [6.45, 7) is 0. The van der Waals surface area contributed by atoms with E-state index in [0.717, 1.165) is 21.3 Å². The first-order chi connectivity index (χ1) is 8.38. The highest BCUT2D eigenvalue weighted by atomic mass is 19.3. The third-order valence-electron chi connectivity index (χ3n) is 2.29. The maximum atomic E-state index is 12.8. The van der Waals surface area contributed by atoms with E-state index in [9.17, 15) is 23.2 Å². The molecule has 0 saturated heterocycles. The number of hydrogen-bond donors (Lipinski definition) is 0. The van der Waals surface area contributed by atoms with Crippen molar-refractivity contribution in [1.82, 2.24) is 0 Å². The van der Waals surface area contributed by atoms with Gasteiger partial charge >= 0.3 is 17.9 Å². The number of ether oxygens (including phenoxy) is 3. The van der Waals surface area contributed by atoms with Crippen LogP contribution < -0.4 is 0 Å². The molecule has 0 aliphatic carbocycles. The van der Waals surface area contributed by atoms with E-state index in [1.54, 1.807) is 0 Å². The Bertz CT molecular complexity index is 301. The highest BCUT2D eigenvalue weighted by Crippen LogP contribution is 2.26. The molecule has 0 heterocycles. The summed E-state index contributed by atoms with van der Waals surface area (Å²) in [4.78, 5) is 33.6. The van der Waals surface area contributed by atoms with Crippen molar-refractivity contribution in [3.8, 4) is 0 Å². The second kappa shape index (κ2) is 7.57. The standard InChI is InChI=1S/C10H14F2O6/c1-16-6(13)4-5(8(11)12)7(9(14)17-2)10(15)18-3/h5,7-8H,4H2,1-3H3. The highest BCUT2D eigenvalue weighted by molar-refractivity contribution is 5.95. The first kappa shape index (κ1) is 16.3. The summed E-state index contributed by atoms with van der Waals surface area (Å²) in [5, 5.41) is 0. The topological polar surface area (TPSA) is 78.9 Å². The minimum atomic E-state index is -3.08. The summed E-state index contributed by atoms with van der Waals surface area (Å²) >= 11 is 0. The van der Waals surface area contributed by atoms with E-state index in [1.165, 1.54) is 0 Å². The Morgan fingerprint density at radius 3 is 1.67 bits per heavy atom. The molecule has 1 unspecified atom stereocenters. The number of carbonyl (C=O) groups excluding carboxylic acids is 3. The van der Waals surface area contributed by atoms with E-state index in [-0.39, 0.29) is 0 Å². The zero-order chi connectivity index (χ0) is 14.3. The van der Waals surface area contributed by atoms with Crippen molar-refractivity contribution >= 4 is 17.9 Å². The minimum absolute atomic E-state index is 0.789. The largest absolute Gasteiger partial charge is 0.469 e. The van der Waals surface area contributed by atoms with Gasteiger partial charge in [0.15, 0.2) is 5.92 Å². The van der Waals surface area contributed by atoms with Crippen LogP contribution in [0.3, 0.4) is 0 Å². The van der Waals surface area contributed by atoms with Crippen molar-refractivity contribution < 1.29 is 37.4 Å². The van der Waals surface area contributed by atoms with Crippen molar-refractivity contribution in [3.63, 3.8) is 0 Å². The molecule has 0 aliphatic heterocycles. The number of esters is 3. The Labute approximate surface area is 102 Å². The van der Waals surface area contributed by atoms with Gasteiger partial charge in [-0.05, 0) is 0 Å². The lowest BCUT2D eigenvalue weighted by Crippen LogP contribution is -2.38. The second-order valence-corrected chi connectivity index (χ2v) is 3.30. The van der Waals surface area contributed by atoms with Crippen LogP contribution in [0, 0.1) is 11.8 Å². The molecular weight excluding hydrogens is 254 g/mol. The monoisotopic (exact) mass is 268 g/mol. The van der Waals surface area contributed by atoms with E-state index in [4.69, 9.17) is 0 Å². The van der Waals surface area contributed by atoms with Gasteiger partial charge in [0.05, 0.1) is 33.7 Å². The molecule has 8 heteroatoms. The summed E-state index contributed by atoms with van der Waals surface area (Å²) in [7, 11) is 2.90. The lowest BCUT2D eigenvalue weighted by molar-refractivity contribution is -0.166. The fourth-order valence-corrected chi connectivity index (χ4v) is 1.33. The minimum Gasteiger partial charge on any atom is -0.469 e. The van der Waals surface area contributed by atoms with Gasteiger partial charge in [0, 0.05) is 0 Å². The van der Waals surface area contributed by atoms with E-state index in [1.807, 2.05) is 0 Å². The molecule has 0 spiro atoms. The molecule has 0 radical (unpaired) electrons. The van der Waals surface area contributed by atoms with Gasteiger partial charge in [-0.15, -0.1) is 0 Å². The zero-order valence-electron chi connectivity index (χ0n) is 10.1. The number of halogens is 2. The average Bonchev–Trinajstić information content (AvgIpc) is 2.36. The number of hydrogen-bond acceptors (Lipinski definition) is 6. The fourth-order valence-electron chi connectivity index (χ4n) is 1.33. The average molecular weight is 268 g/mol. The van der Waals surface area contributed by atoms with Gasteiger partial charge in [0.2, 0.25) is 6.43 Å². The van der Waals surface area contributed by atoms with E-state index >= 15 is 0 Å². The lowest BCUT2D eigenvalue weighted by atomic mass is 9.89. The summed E-state index contributed by atoms with van der Waals surface area (Å²) in [5.41, 5.74) is 0. The molecule has 1 atom stereocenters. The molecule has 104 valence electrons. The highest BCUT2D eigenvalue weighted by Gasteiger charge is 2.43. The maximum Gasteiger partial charge on any atom is 0.320 e. The molecule has 0 fully saturated rings. The van der Waals surface area contributed by atoms with Crippen LogP contribution in [0.2, 0.25) is 0 Å². The quantitative estimate of drug-likeness (QED) is 0.394. The summed E-state index contributed by atoms with van der Waals surface area (Å²) < 4.78 is 38.4. The Hall–Kier alpha value is -1.73. The molecule has 0 N–H and O–H groups in total. The van der Waals surface area contributed by atoms with Crippen LogP contribution in [-0.4, -0.2) is 45.7 Å². The zero-order valence-corrected chi connectivity index (χ0v) is 10.1. The third kappa shape index (κ3) is 4.27. The van der Waals surface area contributed by atoms with Crippen LogP contribution in [-0.2, 0) is 28.6 Å². The van der Waals surface area contributed by atoms with Crippen LogP contribution in [0.15, 0.2) is 0 Å². The van der Waals surface area contributed by atoms with E-state index < -0.39 is 42.6 Å². The van der Waals surface area contributed by atoms with Crippen molar-refractivity contribution in [3.05, 3.63) is 0 Å². The van der Waals surface area contributed by atoms with Crippen molar-refractivity contribution in [2.24, 2.45) is 11.8 Å². The van der Waals surface area contributed by atoms with Crippen molar-refractivity contribution in [2.75, 3.05) is 21.3 Å². The van der Waals surface area contributed by atoms with Gasteiger partial charge in [0.1, 0.15) is 0 Å². The second-order valence-electron chi connectivity index (χ2n) is 3.30. The van der Waals surface area contributed by atoms with E-state index in [0.29, 0.717) is 0 Å². The van der Waals surface area contributed by atoms with Crippen LogP contribution in [0.1, 0.15) is 6.42 Å². The summed E-state index contributed by atoms with van der Waals surface area (Å²) in [6.07, 6.45) is -3.87. The summed E-state index contributed by atoms with van der Waals surface area (Å²) in [5.74, 6) is -7.04. The first-order valence-electron chi connectivity index (χ1n) is 4.89. The molecule has 0 aromatic carbocycles. The number of alkyl halides is 2.